The first-order valence-electron chi connectivity index (χ1n) is 6.12. The third-order valence-electron chi connectivity index (χ3n) is 3.42. The van der Waals surface area contributed by atoms with E-state index >= 15 is 0 Å². The molecule has 0 amide bonds. The van der Waals surface area contributed by atoms with Crippen molar-refractivity contribution in [3.05, 3.63) is 18.2 Å². The van der Waals surface area contributed by atoms with Crippen LogP contribution in [0.2, 0.25) is 0 Å². The van der Waals surface area contributed by atoms with Crippen LogP contribution in [0.3, 0.4) is 0 Å². The second kappa shape index (κ2) is 4.73. The van der Waals surface area contributed by atoms with E-state index < -0.39 is 0 Å². The molecule has 2 heterocycles. The Morgan fingerprint density at radius 2 is 2.19 bits per heavy atom. The van der Waals surface area contributed by atoms with Crippen molar-refractivity contribution in [3.8, 4) is 0 Å². The summed E-state index contributed by atoms with van der Waals surface area (Å²) in [5.74, 6) is 2.90. The standard InChI is InChI=1S/C13H21N3/c1-10-7-8-16(11(2)9-10)13-6-4-5-12(14-3)15-13/h4-6,10-11H,7-9H2,1-3H3,(H,14,15). The molecule has 1 aromatic heterocycles. The second-order valence-corrected chi connectivity index (χ2v) is 4.80. The van der Waals surface area contributed by atoms with Crippen LogP contribution in [0.5, 0.6) is 0 Å². The van der Waals surface area contributed by atoms with Gasteiger partial charge in [0, 0.05) is 19.6 Å². The molecule has 0 saturated carbocycles. The Morgan fingerprint density at radius 3 is 2.88 bits per heavy atom. The molecule has 0 radical (unpaired) electrons. The fraction of sp³-hybridized carbons (Fsp3) is 0.615. The molecule has 1 aliphatic heterocycles. The van der Waals surface area contributed by atoms with Gasteiger partial charge in [-0.25, -0.2) is 4.98 Å². The van der Waals surface area contributed by atoms with Crippen LogP contribution in [0.25, 0.3) is 0 Å². The maximum atomic E-state index is 4.61. The van der Waals surface area contributed by atoms with E-state index in [-0.39, 0.29) is 0 Å². The lowest BCUT2D eigenvalue weighted by atomic mass is 9.93. The summed E-state index contributed by atoms with van der Waals surface area (Å²) in [6.45, 7) is 5.76. The Morgan fingerprint density at radius 1 is 1.38 bits per heavy atom. The second-order valence-electron chi connectivity index (χ2n) is 4.80. The van der Waals surface area contributed by atoms with Gasteiger partial charge in [0.25, 0.3) is 0 Å². The summed E-state index contributed by atoms with van der Waals surface area (Å²) in [5, 5.41) is 3.09. The van der Waals surface area contributed by atoms with E-state index in [1.165, 1.54) is 12.8 Å². The first-order valence-corrected chi connectivity index (χ1v) is 6.12. The lowest BCUT2D eigenvalue weighted by Crippen LogP contribution is -2.40. The Balaban J connectivity index is 2.16. The predicted octanol–water partition coefficient (Wildman–Crippen LogP) is 2.75. The van der Waals surface area contributed by atoms with Crippen molar-refractivity contribution >= 4 is 11.6 Å². The molecule has 0 aromatic carbocycles. The van der Waals surface area contributed by atoms with Gasteiger partial charge in [-0.05, 0) is 37.8 Å². The molecule has 2 rings (SSSR count). The van der Waals surface area contributed by atoms with Gasteiger partial charge in [0.1, 0.15) is 11.6 Å². The van der Waals surface area contributed by atoms with Crippen LogP contribution >= 0.6 is 0 Å². The number of nitrogens with zero attached hydrogens (tertiary/aromatic N) is 2. The van der Waals surface area contributed by atoms with Gasteiger partial charge in [-0.15, -0.1) is 0 Å². The summed E-state index contributed by atoms with van der Waals surface area (Å²) < 4.78 is 0. The van der Waals surface area contributed by atoms with Gasteiger partial charge in [0.05, 0.1) is 0 Å². The Bertz CT molecular complexity index is 351. The summed E-state index contributed by atoms with van der Waals surface area (Å²) in [5.41, 5.74) is 0. The van der Waals surface area contributed by atoms with Crippen molar-refractivity contribution in [3.63, 3.8) is 0 Å². The van der Waals surface area contributed by atoms with Gasteiger partial charge in [-0.2, -0.15) is 0 Å². The van der Waals surface area contributed by atoms with Crippen molar-refractivity contribution in [2.75, 3.05) is 23.8 Å². The van der Waals surface area contributed by atoms with Crippen molar-refractivity contribution in [2.24, 2.45) is 5.92 Å². The highest BCUT2D eigenvalue weighted by Crippen LogP contribution is 2.26. The monoisotopic (exact) mass is 219 g/mol. The molecular formula is C13H21N3. The van der Waals surface area contributed by atoms with Crippen LogP contribution in [0.1, 0.15) is 26.7 Å². The van der Waals surface area contributed by atoms with Gasteiger partial charge in [0.2, 0.25) is 0 Å². The van der Waals surface area contributed by atoms with E-state index in [2.05, 4.69) is 41.2 Å². The highest BCUT2D eigenvalue weighted by molar-refractivity contribution is 5.47. The Labute approximate surface area is 97.9 Å². The lowest BCUT2D eigenvalue weighted by molar-refractivity contribution is 0.376. The number of anilines is 2. The predicted molar refractivity (Wildman–Crippen MR) is 69.0 cm³/mol. The number of pyridine rings is 1. The zero-order valence-electron chi connectivity index (χ0n) is 10.4. The molecule has 16 heavy (non-hydrogen) atoms. The van der Waals surface area contributed by atoms with E-state index in [9.17, 15) is 0 Å². The smallest absolute Gasteiger partial charge is 0.131 e. The quantitative estimate of drug-likeness (QED) is 0.829. The highest BCUT2D eigenvalue weighted by Gasteiger charge is 2.23. The van der Waals surface area contributed by atoms with E-state index in [0.29, 0.717) is 6.04 Å². The average Bonchev–Trinajstić information content (AvgIpc) is 2.29. The minimum absolute atomic E-state index is 0.600. The number of rotatable bonds is 2. The molecule has 0 spiro atoms. The minimum Gasteiger partial charge on any atom is -0.373 e. The molecule has 3 heteroatoms. The van der Waals surface area contributed by atoms with Gasteiger partial charge in [-0.3, -0.25) is 0 Å². The fourth-order valence-corrected chi connectivity index (χ4v) is 2.47. The number of nitrogens with one attached hydrogen (secondary N) is 1. The van der Waals surface area contributed by atoms with Gasteiger partial charge in [-0.1, -0.05) is 13.0 Å². The maximum Gasteiger partial charge on any atom is 0.131 e. The number of piperidine rings is 1. The molecule has 1 aromatic rings. The summed E-state index contributed by atoms with van der Waals surface area (Å²) in [6, 6.07) is 6.77. The summed E-state index contributed by atoms with van der Waals surface area (Å²) in [6.07, 6.45) is 2.54. The van der Waals surface area contributed by atoms with E-state index in [1.54, 1.807) is 0 Å². The molecule has 0 aliphatic carbocycles. The van der Waals surface area contributed by atoms with Crippen LogP contribution in [-0.4, -0.2) is 24.6 Å². The molecule has 88 valence electrons. The van der Waals surface area contributed by atoms with Crippen LogP contribution in [0, 0.1) is 5.92 Å². The summed E-state index contributed by atoms with van der Waals surface area (Å²) >= 11 is 0. The average molecular weight is 219 g/mol. The summed E-state index contributed by atoms with van der Waals surface area (Å²) in [4.78, 5) is 7.02. The molecular weight excluding hydrogens is 198 g/mol. The van der Waals surface area contributed by atoms with E-state index in [1.807, 2.05) is 13.1 Å². The van der Waals surface area contributed by atoms with Crippen LogP contribution < -0.4 is 10.2 Å². The first kappa shape index (κ1) is 11.2. The van der Waals surface area contributed by atoms with E-state index in [4.69, 9.17) is 0 Å². The molecule has 1 N–H and O–H groups in total. The molecule has 0 bridgehead atoms. The molecule has 2 unspecified atom stereocenters. The molecule has 2 atom stereocenters. The van der Waals surface area contributed by atoms with E-state index in [0.717, 1.165) is 24.1 Å². The summed E-state index contributed by atoms with van der Waals surface area (Å²) in [7, 11) is 1.91. The largest absolute Gasteiger partial charge is 0.373 e. The first-order chi connectivity index (χ1) is 7.70. The SMILES string of the molecule is CNc1cccc(N2CCC(C)CC2C)n1. The zero-order valence-corrected chi connectivity index (χ0v) is 10.4. The van der Waals surface area contributed by atoms with Crippen LogP contribution in [0.4, 0.5) is 11.6 Å². The van der Waals surface area contributed by atoms with Crippen LogP contribution in [-0.2, 0) is 0 Å². The minimum atomic E-state index is 0.600. The molecule has 1 saturated heterocycles. The highest BCUT2D eigenvalue weighted by atomic mass is 15.2. The normalized spacial score (nSPS) is 25.6. The van der Waals surface area contributed by atoms with Gasteiger partial charge in [0.15, 0.2) is 0 Å². The third-order valence-corrected chi connectivity index (χ3v) is 3.42. The van der Waals surface area contributed by atoms with Crippen molar-refractivity contribution in [2.45, 2.75) is 32.7 Å². The number of hydrogen-bond donors (Lipinski definition) is 1. The van der Waals surface area contributed by atoms with Crippen molar-refractivity contribution in [1.82, 2.24) is 4.98 Å². The Hall–Kier alpha value is -1.25. The van der Waals surface area contributed by atoms with Gasteiger partial charge >= 0.3 is 0 Å². The van der Waals surface area contributed by atoms with Crippen molar-refractivity contribution in [1.29, 1.82) is 0 Å². The number of hydrogen-bond acceptors (Lipinski definition) is 3. The van der Waals surface area contributed by atoms with Gasteiger partial charge < -0.3 is 10.2 Å². The Kier molecular flexibility index (Phi) is 3.32. The number of aromatic nitrogens is 1. The molecule has 1 aliphatic rings. The van der Waals surface area contributed by atoms with Crippen LogP contribution in [0.15, 0.2) is 18.2 Å². The third kappa shape index (κ3) is 2.29. The molecule has 3 nitrogen and oxygen atoms in total. The van der Waals surface area contributed by atoms with Crippen molar-refractivity contribution < 1.29 is 0 Å². The topological polar surface area (TPSA) is 28.2 Å². The maximum absolute atomic E-state index is 4.61. The molecule has 1 fully saturated rings. The zero-order chi connectivity index (χ0) is 11.5. The lowest BCUT2D eigenvalue weighted by Gasteiger charge is -2.37. The fourth-order valence-electron chi connectivity index (χ4n) is 2.47.